The molecular weight excluding hydrogens is 474 g/mol. The molecule has 0 aliphatic rings. The molecule has 0 unspecified atom stereocenters. The minimum atomic E-state index is -0.401. The molecule has 5 nitrogen and oxygen atoms in total. The number of rotatable bonds is 5. The van der Waals surface area contributed by atoms with E-state index in [0.29, 0.717) is 33.4 Å². The maximum absolute atomic E-state index is 12.5. The lowest BCUT2D eigenvalue weighted by atomic mass is 10.0. The van der Waals surface area contributed by atoms with E-state index in [1.807, 2.05) is 68.4 Å². The van der Waals surface area contributed by atoms with Gasteiger partial charge < -0.3 is 14.2 Å². The van der Waals surface area contributed by atoms with Crippen LogP contribution in [-0.4, -0.2) is 5.91 Å². The third kappa shape index (κ3) is 4.88. The van der Waals surface area contributed by atoms with Crippen molar-refractivity contribution in [2.24, 2.45) is 0 Å². The molecule has 2 heterocycles. The smallest absolute Gasteiger partial charge is 0.344 e. The second kappa shape index (κ2) is 9.72. The van der Waals surface area contributed by atoms with Crippen molar-refractivity contribution in [1.82, 2.24) is 0 Å². The molecule has 5 rings (SSSR count). The Kier molecular flexibility index (Phi) is 6.32. The summed E-state index contributed by atoms with van der Waals surface area (Å²) in [5.41, 5.74) is 4.69. The van der Waals surface area contributed by atoms with Gasteiger partial charge in [0, 0.05) is 27.7 Å². The fraction of sp³-hybridized carbons (Fsp3) is 0.0667. The third-order valence-electron chi connectivity index (χ3n) is 5.91. The van der Waals surface area contributed by atoms with Gasteiger partial charge in [0.05, 0.1) is 5.56 Å². The minimum Gasteiger partial charge on any atom is -0.457 e. The van der Waals surface area contributed by atoms with E-state index in [9.17, 15) is 9.59 Å². The van der Waals surface area contributed by atoms with E-state index in [0.717, 1.165) is 27.6 Å². The number of hydrogen-bond acceptors (Lipinski definition) is 4. The van der Waals surface area contributed by atoms with Gasteiger partial charge in [0.15, 0.2) is 0 Å². The molecule has 0 saturated heterocycles. The Bertz CT molecular complexity index is 1690. The first kappa shape index (κ1) is 23.4. The van der Waals surface area contributed by atoms with Crippen LogP contribution in [0, 0.1) is 13.8 Å². The van der Waals surface area contributed by atoms with Crippen LogP contribution in [0.25, 0.3) is 39.5 Å². The number of hydrogen-bond donors (Lipinski definition) is 1. The highest BCUT2D eigenvalue weighted by Crippen LogP contribution is 2.28. The molecule has 5 aromatic rings. The van der Waals surface area contributed by atoms with Gasteiger partial charge in [-0.1, -0.05) is 48.0 Å². The number of aryl methyl sites for hydroxylation is 2. The zero-order valence-electron chi connectivity index (χ0n) is 19.7. The Balaban J connectivity index is 1.30. The molecule has 178 valence electrons. The number of anilines is 1. The summed E-state index contributed by atoms with van der Waals surface area (Å²) in [6.07, 6.45) is 3.02. The zero-order valence-corrected chi connectivity index (χ0v) is 20.4. The van der Waals surface area contributed by atoms with Gasteiger partial charge in [0.2, 0.25) is 5.91 Å². The summed E-state index contributed by atoms with van der Waals surface area (Å²) >= 11 is 6.21. The molecule has 0 aliphatic carbocycles. The van der Waals surface area contributed by atoms with Crippen molar-refractivity contribution >= 4 is 40.2 Å². The summed E-state index contributed by atoms with van der Waals surface area (Å²) in [7, 11) is 0. The van der Waals surface area contributed by atoms with E-state index in [1.165, 1.54) is 6.08 Å². The first-order chi connectivity index (χ1) is 17.4. The highest BCUT2D eigenvalue weighted by molar-refractivity contribution is 6.31. The number of para-hydroxylation sites is 1. The molecule has 6 heteroatoms. The second-order valence-electron chi connectivity index (χ2n) is 8.50. The zero-order chi connectivity index (χ0) is 25.2. The second-order valence-corrected chi connectivity index (χ2v) is 8.91. The van der Waals surface area contributed by atoms with Gasteiger partial charge in [-0.2, -0.15) is 0 Å². The molecule has 0 bridgehead atoms. The molecule has 0 atom stereocenters. The van der Waals surface area contributed by atoms with Gasteiger partial charge in [-0.3, -0.25) is 4.79 Å². The molecule has 0 spiro atoms. The molecule has 1 amide bonds. The summed E-state index contributed by atoms with van der Waals surface area (Å²) < 4.78 is 11.3. The van der Waals surface area contributed by atoms with Gasteiger partial charge in [-0.25, -0.2) is 4.79 Å². The van der Waals surface area contributed by atoms with Gasteiger partial charge >= 0.3 is 5.63 Å². The number of nitrogens with one attached hydrogen (secondary N) is 1. The van der Waals surface area contributed by atoms with Crippen molar-refractivity contribution in [3.05, 3.63) is 117 Å². The monoisotopic (exact) mass is 495 g/mol. The lowest BCUT2D eigenvalue weighted by molar-refractivity contribution is -0.111. The van der Waals surface area contributed by atoms with Crippen molar-refractivity contribution in [1.29, 1.82) is 0 Å². The Morgan fingerprint density at radius 1 is 0.861 bits per heavy atom. The number of halogens is 1. The maximum atomic E-state index is 12.5. The third-order valence-corrected chi connectivity index (χ3v) is 6.31. The van der Waals surface area contributed by atoms with Gasteiger partial charge in [-0.05, 0) is 79.1 Å². The Labute approximate surface area is 212 Å². The van der Waals surface area contributed by atoms with Crippen LogP contribution >= 0.6 is 11.6 Å². The molecular formula is C30H22ClNO4. The average Bonchev–Trinajstić information content (AvgIpc) is 3.33. The van der Waals surface area contributed by atoms with Gasteiger partial charge in [0.1, 0.15) is 17.1 Å². The van der Waals surface area contributed by atoms with Crippen molar-refractivity contribution in [2.45, 2.75) is 13.8 Å². The van der Waals surface area contributed by atoms with Gasteiger partial charge in [0.25, 0.3) is 0 Å². The minimum absolute atomic E-state index is 0.302. The molecule has 3 aromatic carbocycles. The highest BCUT2D eigenvalue weighted by Gasteiger charge is 2.11. The van der Waals surface area contributed by atoms with Crippen LogP contribution in [0.3, 0.4) is 0 Å². The summed E-state index contributed by atoms with van der Waals surface area (Å²) in [6, 6.07) is 24.0. The first-order valence-corrected chi connectivity index (χ1v) is 11.7. The van der Waals surface area contributed by atoms with E-state index in [4.69, 9.17) is 20.4 Å². The topological polar surface area (TPSA) is 72.5 Å². The molecule has 0 saturated carbocycles. The number of amides is 1. The van der Waals surface area contributed by atoms with Crippen LogP contribution in [0.1, 0.15) is 16.9 Å². The lowest BCUT2D eigenvalue weighted by Gasteiger charge is -2.09. The maximum Gasteiger partial charge on any atom is 0.344 e. The van der Waals surface area contributed by atoms with E-state index in [-0.39, 0.29) is 5.91 Å². The van der Waals surface area contributed by atoms with Crippen molar-refractivity contribution < 1.29 is 13.6 Å². The fourth-order valence-electron chi connectivity index (χ4n) is 3.98. The molecule has 1 N–H and O–H groups in total. The molecule has 0 aliphatic heterocycles. The number of carbonyl (C=O) groups excluding carboxylic acids is 1. The van der Waals surface area contributed by atoms with Crippen LogP contribution < -0.4 is 10.9 Å². The van der Waals surface area contributed by atoms with Crippen LogP contribution in [0.4, 0.5) is 5.69 Å². The number of carbonyl (C=O) groups is 1. The largest absolute Gasteiger partial charge is 0.457 e. The number of fused-ring (bicyclic) bond motifs is 1. The number of furan rings is 1. The van der Waals surface area contributed by atoms with E-state index in [1.54, 1.807) is 30.3 Å². The SMILES string of the molecule is Cc1ccc(-c2ccc(/C=C/C(=O)Nc3ccc(-c4cc5ccccc5oc4=O)c(C)c3)o2)cc1Cl. The predicted octanol–water partition coefficient (Wildman–Crippen LogP) is 7.64. The average molecular weight is 496 g/mol. The van der Waals surface area contributed by atoms with Crippen LogP contribution in [0.15, 0.2) is 98.6 Å². The Morgan fingerprint density at radius 3 is 2.50 bits per heavy atom. The normalized spacial score (nSPS) is 11.3. The summed E-state index contributed by atoms with van der Waals surface area (Å²) in [5, 5.41) is 4.36. The first-order valence-electron chi connectivity index (χ1n) is 11.4. The molecule has 0 radical (unpaired) electrons. The molecule has 2 aromatic heterocycles. The molecule has 0 fully saturated rings. The highest BCUT2D eigenvalue weighted by atomic mass is 35.5. The Hall–Kier alpha value is -4.35. The predicted molar refractivity (Wildman–Crippen MR) is 144 cm³/mol. The Morgan fingerprint density at radius 2 is 1.69 bits per heavy atom. The fourth-order valence-corrected chi connectivity index (χ4v) is 4.16. The van der Waals surface area contributed by atoms with Gasteiger partial charge in [-0.15, -0.1) is 0 Å². The van der Waals surface area contributed by atoms with Crippen molar-refractivity contribution in [2.75, 3.05) is 5.32 Å². The van der Waals surface area contributed by atoms with Crippen molar-refractivity contribution in [3.8, 4) is 22.5 Å². The molecule has 36 heavy (non-hydrogen) atoms. The van der Waals surface area contributed by atoms with Crippen LogP contribution in [0.2, 0.25) is 5.02 Å². The van der Waals surface area contributed by atoms with Crippen LogP contribution in [0.5, 0.6) is 0 Å². The van der Waals surface area contributed by atoms with Crippen molar-refractivity contribution in [3.63, 3.8) is 0 Å². The number of benzene rings is 3. The standard InChI is InChI=1S/C30H22ClNO4/c1-18-7-8-21(17-26(18)31)28-13-10-23(35-28)11-14-29(33)32-22-9-12-24(19(2)15-22)25-16-20-5-3-4-6-27(20)36-30(25)34/h3-17H,1-2H3,(H,32,33)/b14-11+. The summed E-state index contributed by atoms with van der Waals surface area (Å²) in [6.45, 7) is 3.83. The van der Waals surface area contributed by atoms with E-state index in [2.05, 4.69) is 5.32 Å². The summed E-state index contributed by atoms with van der Waals surface area (Å²) in [4.78, 5) is 25.0. The summed E-state index contributed by atoms with van der Waals surface area (Å²) in [5.74, 6) is 0.913. The van der Waals surface area contributed by atoms with Crippen LogP contribution in [-0.2, 0) is 4.79 Å². The van der Waals surface area contributed by atoms with E-state index >= 15 is 0 Å². The van der Waals surface area contributed by atoms with E-state index < -0.39 is 5.63 Å². The quantitative estimate of drug-likeness (QED) is 0.201. The lowest BCUT2D eigenvalue weighted by Crippen LogP contribution is -2.08.